The molecule has 1 aliphatic heterocycles. The van der Waals surface area contributed by atoms with E-state index in [2.05, 4.69) is 31.1 Å². The summed E-state index contributed by atoms with van der Waals surface area (Å²) in [7, 11) is 1.62. The summed E-state index contributed by atoms with van der Waals surface area (Å²) in [6, 6.07) is 1.79. The van der Waals surface area contributed by atoms with Gasteiger partial charge in [-0.05, 0) is 22.0 Å². The molecule has 0 bridgehead atoms. The van der Waals surface area contributed by atoms with Gasteiger partial charge in [-0.2, -0.15) is 0 Å². The predicted octanol–water partition coefficient (Wildman–Crippen LogP) is 1.04. The first kappa shape index (κ1) is 12.3. The number of ether oxygens (including phenoxy) is 1. The van der Waals surface area contributed by atoms with E-state index in [1.54, 1.807) is 19.3 Å². The van der Waals surface area contributed by atoms with Crippen LogP contribution in [0.5, 0.6) is 0 Å². The number of nitrogens with one attached hydrogen (secondary N) is 1. The van der Waals surface area contributed by atoms with Crippen LogP contribution in [0.2, 0.25) is 0 Å². The molecule has 2 rings (SSSR count). The lowest BCUT2D eigenvalue weighted by Crippen LogP contribution is -2.38. The van der Waals surface area contributed by atoms with Crippen molar-refractivity contribution in [3.63, 3.8) is 0 Å². The number of aromatic nitrogens is 1. The molecule has 92 valence electrons. The number of pyridine rings is 1. The van der Waals surface area contributed by atoms with Crippen LogP contribution in [0.4, 0.5) is 5.82 Å². The number of carbonyl (C=O) groups is 1. The highest BCUT2D eigenvalue weighted by Gasteiger charge is 2.19. The standard InChI is InChI=1S/C11H14BrN3O2/c1-13-11(16)9-6-8(12)7-14-10(9)15-2-4-17-5-3-15/h6-7H,2-5H2,1H3,(H,13,16). The minimum atomic E-state index is -0.125. The van der Waals surface area contributed by atoms with Crippen LogP contribution in [-0.4, -0.2) is 44.2 Å². The molecule has 0 radical (unpaired) electrons. The fraction of sp³-hybridized carbons (Fsp3) is 0.455. The Morgan fingerprint density at radius 2 is 2.24 bits per heavy atom. The Labute approximate surface area is 108 Å². The van der Waals surface area contributed by atoms with Gasteiger partial charge >= 0.3 is 0 Å². The Morgan fingerprint density at radius 1 is 1.53 bits per heavy atom. The number of morpholine rings is 1. The number of carbonyl (C=O) groups excluding carboxylic acids is 1. The first-order valence-electron chi connectivity index (χ1n) is 5.42. The van der Waals surface area contributed by atoms with Crippen LogP contribution < -0.4 is 10.2 Å². The third-order valence-corrected chi connectivity index (χ3v) is 3.05. The minimum absolute atomic E-state index is 0.125. The van der Waals surface area contributed by atoms with E-state index in [9.17, 15) is 4.79 Å². The number of hydrogen-bond acceptors (Lipinski definition) is 4. The molecule has 1 aromatic heterocycles. The molecule has 1 saturated heterocycles. The van der Waals surface area contributed by atoms with Crippen LogP contribution >= 0.6 is 15.9 Å². The fourth-order valence-electron chi connectivity index (χ4n) is 1.76. The van der Waals surface area contributed by atoms with E-state index in [0.29, 0.717) is 18.8 Å². The molecule has 0 saturated carbocycles. The molecule has 1 fully saturated rings. The van der Waals surface area contributed by atoms with Crippen molar-refractivity contribution in [2.45, 2.75) is 0 Å². The number of halogens is 1. The SMILES string of the molecule is CNC(=O)c1cc(Br)cnc1N1CCOCC1. The molecule has 0 aliphatic carbocycles. The average Bonchev–Trinajstić information content (AvgIpc) is 2.38. The first-order valence-corrected chi connectivity index (χ1v) is 6.22. The van der Waals surface area contributed by atoms with Gasteiger partial charge in [-0.15, -0.1) is 0 Å². The van der Waals surface area contributed by atoms with Gasteiger partial charge in [0.1, 0.15) is 5.82 Å². The number of hydrogen-bond donors (Lipinski definition) is 1. The maximum absolute atomic E-state index is 11.8. The number of nitrogens with zero attached hydrogens (tertiary/aromatic N) is 2. The van der Waals surface area contributed by atoms with Crippen LogP contribution in [0.25, 0.3) is 0 Å². The lowest BCUT2D eigenvalue weighted by molar-refractivity contribution is 0.0961. The van der Waals surface area contributed by atoms with Gasteiger partial charge in [-0.1, -0.05) is 0 Å². The van der Waals surface area contributed by atoms with E-state index >= 15 is 0 Å². The van der Waals surface area contributed by atoms with Crippen LogP contribution in [0.15, 0.2) is 16.7 Å². The van der Waals surface area contributed by atoms with E-state index < -0.39 is 0 Å². The molecular weight excluding hydrogens is 286 g/mol. The zero-order valence-corrected chi connectivity index (χ0v) is 11.2. The summed E-state index contributed by atoms with van der Waals surface area (Å²) in [6.45, 7) is 2.87. The van der Waals surface area contributed by atoms with E-state index in [-0.39, 0.29) is 5.91 Å². The third-order valence-electron chi connectivity index (χ3n) is 2.62. The van der Waals surface area contributed by atoms with Gasteiger partial charge in [0.15, 0.2) is 0 Å². The molecule has 6 heteroatoms. The van der Waals surface area contributed by atoms with E-state index in [4.69, 9.17) is 4.74 Å². The molecule has 0 atom stereocenters. The number of rotatable bonds is 2. The van der Waals surface area contributed by atoms with Crippen molar-refractivity contribution in [2.24, 2.45) is 0 Å². The second kappa shape index (κ2) is 5.46. The molecule has 1 N–H and O–H groups in total. The van der Waals surface area contributed by atoms with Gasteiger partial charge in [-0.25, -0.2) is 4.98 Å². The van der Waals surface area contributed by atoms with Crippen molar-refractivity contribution in [1.82, 2.24) is 10.3 Å². The zero-order valence-electron chi connectivity index (χ0n) is 9.57. The first-order chi connectivity index (χ1) is 8.22. The van der Waals surface area contributed by atoms with E-state index in [1.165, 1.54) is 0 Å². The Hall–Kier alpha value is -1.14. The van der Waals surface area contributed by atoms with Crippen LogP contribution in [0, 0.1) is 0 Å². The van der Waals surface area contributed by atoms with Crippen molar-refractivity contribution in [1.29, 1.82) is 0 Å². The molecular formula is C11H14BrN3O2. The second-order valence-electron chi connectivity index (χ2n) is 3.70. The second-order valence-corrected chi connectivity index (χ2v) is 4.62. The molecule has 0 aromatic carbocycles. The smallest absolute Gasteiger partial charge is 0.254 e. The zero-order chi connectivity index (χ0) is 12.3. The Kier molecular flexibility index (Phi) is 3.96. The normalized spacial score (nSPS) is 15.8. The Morgan fingerprint density at radius 3 is 2.88 bits per heavy atom. The van der Waals surface area contributed by atoms with Crippen molar-refractivity contribution in [2.75, 3.05) is 38.3 Å². The molecule has 17 heavy (non-hydrogen) atoms. The largest absolute Gasteiger partial charge is 0.378 e. The van der Waals surface area contributed by atoms with Crippen LogP contribution in [-0.2, 0) is 4.74 Å². The van der Waals surface area contributed by atoms with Gasteiger partial charge in [0, 0.05) is 30.8 Å². The van der Waals surface area contributed by atoms with Gasteiger partial charge in [0.05, 0.1) is 18.8 Å². The van der Waals surface area contributed by atoms with Crippen molar-refractivity contribution >= 4 is 27.7 Å². The molecule has 0 spiro atoms. The minimum Gasteiger partial charge on any atom is -0.378 e. The summed E-state index contributed by atoms with van der Waals surface area (Å²) in [4.78, 5) is 18.2. The topological polar surface area (TPSA) is 54.5 Å². The van der Waals surface area contributed by atoms with Gasteiger partial charge in [-0.3, -0.25) is 4.79 Å². The Bertz CT molecular complexity index is 419. The van der Waals surface area contributed by atoms with Crippen LogP contribution in [0.1, 0.15) is 10.4 Å². The molecule has 2 heterocycles. The summed E-state index contributed by atoms with van der Waals surface area (Å²) in [6.07, 6.45) is 1.71. The monoisotopic (exact) mass is 299 g/mol. The highest BCUT2D eigenvalue weighted by Crippen LogP contribution is 2.22. The Balaban J connectivity index is 2.34. The molecule has 5 nitrogen and oxygen atoms in total. The highest BCUT2D eigenvalue weighted by molar-refractivity contribution is 9.10. The van der Waals surface area contributed by atoms with E-state index in [0.717, 1.165) is 23.4 Å². The molecule has 1 amide bonds. The van der Waals surface area contributed by atoms with Crippen LogP contribution in [0.3, 0.4) is 0 Å². The number of amides is 1. The summed E-state index contributed by atoms with van der Waals surface area (Å²) < 4.78 is 6.09. The lowest BCUT2D eigenvalue weighted by atomic mass is 10.2. The van der Waals surface area contributed by atoms with Gasteiger partial charge in [0.2, 0.25) is 0 Å². The quantitative estimate of drug-likeness (QED) is 0.887. The fourth-order valence-corrected chi connectivity index (χ4v) is 2.09. The summed E-state index contributed by atoms with van der Waals surface area (Å²) >= 11 is 3.33. The summed E-state index contributed by atoms with van der Waals surface area (Å²) in [5.74, 6) is 0.594. The number of anilines is 1. The highest BCUT2D eigenvalue weighted by atomic mass is 79.9. The van der Waals surface area contributed by atoms with Crippen molar-refractivity contribution in [3.05, 3.63) is 22.3 Å². The molecule has 1 aliphatic rings. The predicted molar refractivity (Wildman–Crippen MR) is 68.4 cm³/mol. The van der Waals surface area contributed by atoms with Gasteiger partial charge < -0.3 is 15.0 Å². The maximum Gasteiger partial charge on any atom is 0.254 e. The van der Waals surface area contributed by atoms with Crippen molar-refractivity contribution < 1.29 is 9.53 Å². The third kappa shape index (κ3) is 2.76. The molecule has 0 unspecified atom stereocenters. The summed E-state index contributed by atoms with van der Waals surface area (Å²) in [5, 5.41) is 2.63. The van der Waals surface area contributed by atoms with E-state index in [1.807, 2.05) is 0 Å². The lowest BCUT2D eigenvalue weighted by Gasteiger charge is -2.29. The average molecular weight is 300 g/mol. The molecule has 1 aromatic rings. The summed E-state index contributed by atoms with van der Waals surface area (Å²) in [5.41, 5.74) is 0.587. The van der Waals surface area contributed by atoms with Gasteiger partial charge in [0.25, 0.3) is 5.91 Å². The van der Waals surface area contributed by atoms with Crippen molar-refractivity contribution in [3.8, 4) is 0 Å². The maximum atomic E-state index is 11.8.